The molecule has 3 amide bonds. The highest BCUT2D eigenvalue weighted by Crippen LogP contribution is 2.44. The second kappa shape index (κ2) is 39.8. The van der Waals surface area contributed by atoms with E-state index in [1.807, 2.05) is 31.2 Å². The van der Waals surface area contributed by atoms with Crippen LogP contribution < -0.4 is 37.9 Å². The van der Waals surface area contributed by atoms with Gasteiger partial charge in [0.05, 0.1) is 51.6 Å². The van der Waals surface area contributed by atoms with Crippen molar-refractivity contribution in [2.45, 2.75) is 185 Å². The average Bonchev–Trinajstić information content (AvgIpc) is 1.59. The third kappa shape index (κ3) is 21.9. The number of benzene rings is 3. The molecule has 0 unspecified atom stereocenters. The molecule has 0 saturated carbocycles. The first-order valence-corrected chi connectivity index (χ1v) is 47.8. The molecule has 0 aliphatic carbocycles. The molecule has 0 spiro atoms. The van der Waals surface area contributed by atoms with Crippen molar-refractivity contribution < 1.29 is 60.9 Å². The Bertz CT molecular complexity index is 6680. The highest BCUT2D eigenvalue weighted by atomic mass is 32.2. The number of carbonyl (C=O) groups is 6. The van der Waals surface area contributed by atoms with Crippen molar-refractivity contribution in [3.8, 4) is 17.1 Å². The summed E-state index contributed by atoms with van der Waals surface area (Å²) in [6, 6.07) is 34.8. The van der Waals surface area contributed by atoms with Crippen LogP contribution in [0.15, 0.2) is 238 Å². The SMILES string of the molecule is CC(C)(C)Cn1c(=O)n(-c2ccc(C[C@H](NC(=O)[C@H]3N(S(=O)(=O)c4cccnc4)CSC3(C)C)C(=O)O)cc2)c2ncccc21.CC(C)(C)Cn1c(=O)n(-c2ccc(C[C@H](NC(=O)[C@H]3N(S(=O)(=O)c4cccnc4)CSC3(C)C)C(=O)O)cc2)c2ncccc21.CCN(C(=O)c1ccncc1)c1cncnc1N[C@@H](Cc1ccc(-n2c(=O)n(CC(C)(C)C)c3cccnc32)cc1)C(=O)O. The molecule has 5 atom stereocenters. The molecular formula is C94H106N20O16S4. The zero-order valence-corrected chi connectivity index (χ0v) is 79.6. The Kier molecular flexibility index (Phi) is 29.1. The smallest absolute Gasteiger partial charge is 0.334 e. The topological polar surface area (TPSA) is 461 Å². The highest BCUT2D eigenvalue weighted by Gasteiger charge is 2.53. The molecule has 134 heavy (non-hydrogen) atoms. The zero-order chi connectivity index (χ0) is 96.9. The predicted octanol–water partition coefficient (Wildman–Crippen LogP) is 10.8. The first kappa shape index (κ1) is 98.1. The van der Waals surface area contributed by atoms with Gasteiger partial charge in [0, 0.05) is 116 Å². The van der Waals surface area contributed by atoms with E-state index in [4.69, 9.17) is 0 Å². The quantitative estimate of drug-likeness (QED) is 0.0265. The number of amides is 3. The normalized spacial score (nSPS) is 15.9. The van der Waals surface area contributed by atoms with Crippen molar-refractivity contribution in [1.29, 1.82) is 0 Å². The minimum atomic E-state index is -4.07. The van der Waals surface area contributed by atoms with Crippen LogP contribution in [0.4, 0.5) is 11.5 Å². The van der Waals surface area contributed by atoms with E-state index in [2.05, 4.69) is 118 Å². The summed E-state index contributed by atoms with van der Waals surface area (Å²) in [6.07, 6.45) is 16.1. The summed E-state index contributed by atoms with van der Waals surface area (Å²) >= 11 is 2.59. The van der Waals surface area contributed by atoms with Crippen molar-refractivity contribution in [3.05, 3.63) is 268 Å². The number of carboxylic acid groups (broad SMARTS) is 3. The summed E-state index contributed by atoms with van der Waals surface area (Å²) < 4.78 is 64.0. The van der Waals surface area contributed by atoms with Gasteiger partial charge < -0.3 is 36.2 Å². The predicted molar refractivity (Wildman–Crippen MR) is 510 cm³/mol. The molecular weight excluding hydrogens is 1790 g/mol. The number of fused-ring (bicyclic) bond motifs is 3. The Morgan fingerprint density at radius 3 is 1.11 bits per heavy atom. The Morgan fingerprint density at radius 1 is 0.448 bits per heavy atom. The lowest BCUT2D eigenvalue weighted by Crippen LogP contribution is -2.56. The molecule has 2 saturated heterocycles. The van der Waals surface area contributed by atoms with Gasteiger partial charge in [0.1, 0.15) is 52.0 Å². The lowest BCUT2D eigenvalue weighted by Gasteiger charge is -2.30. The summed E-state index contributed by atoms with van der Waals surface area (Å²) in [5.41, 5.74) is 7.16. The Hall–Kier alpha value is -13.4. The van der Waals surface area contributed by atoms with E-state index in [1.54, 1.807) is 162 Å². The molecule has 15 rings (SSSR count). The van der Waals surface area contributed by atoms with Crippen molar-refractivity contribution >= 4 is 124 Å². The van der Waals surface area contributed by atoms with Gasteiger partial charge in [0.25, 0.3) is 5.91 Å². The van der Waals surface area contributed by atoms with Crippen LogP contribution in [-0.4, -0.2) is 202 Å². The Labute approximate surface area is 781 Å². The van der Waals surface area contributed by atoms with E-state index < -0.39 is 89.5 Å². The highest BCUT2D eigenvalue weighted by molar-refractivity contribution is 8.02. The molecule has 10 aromatic heterocycles. The standard InChI is InChI=1S/C32H34N8O4.2C31H36N6O6S2/c1-5-38(29(41)22-12-15-33-16-13-22)26-18-34-20-36-27(26)37-24(30(42)43)17-21-8-10-23(11-9-21)40-28-25(7-6-14-35-28)39(31(40)44)19-32(2,3)4;2*1-30(2,3)18-35-24-9-7-15-33-26(24)37(29(35)41)21-12-10-20(11-13-21)16-23(28(39)40)34-27(38)25-31(4,5)44-19-36(25)45(42,43)22-8-6-14-32-17-22/h6-16,18,20,24H,5,17,19H2,1-4H3,(H,42,43)(H,34,36,37);2*6-15,17,23,25H,16,18-19H2,1-5H3,(H,34,38)(H,39,40)/t24-;2*23-,25+/m000/s1. The fourth-order valence-electron chi connectivity index (χ4n) is 15.9. The largest absolute Gasteiger partial charge is 0.480 e. The van der Waals surface area contributed by atoms with Gasteiger partial charge in [-0.05, 0) is 177 Å². The monoisotopic (exact) mass is 1900 g/mol. The zero-order valence-electron chi connectivity index (χ0n) is 76.3. The summed E-state index contributed by atoms with van der Waals surface area (Å²) in [7, 11) is -8.14. The van der Waals surface area contributed by atoms with Crippen LogP contribution in [0.2, 0.25) is 0 Å². The second-order valence-corrected chi connectivity index (χ2v) is 44.0. The third-order valence-corrected chi connectivity index (χ3v) is 28.8. The minimum Gasteiger partial charge on any atom is -0.480 e. The van der Waals surface area contributed by atoms with Gasteiger partial charge in [0.15, 0.2) is 22.8 Å². The molecule has 2 aliphatic rings. The molecule has 2 aliphatic heterocycles. The van der Waals surface area contributed by atoms with Gasteiger partial charge in [-0.3, -0.25) is 43.0 Å². The molecule has 3 aromatic carbocycles. The van der Waals surface area contributed by atoms with Crippen LogP contribution in [0.5, 0.6) is 0 Å². The molecule has 13 aromatic rings. The van der Waals surface area contributed by atoms with Crippen LogP contribution in [0.25, 0.3) is 50.6 Å². The number of aromatic nitrogens is 14. The number of nitrogens with one attached hydrogen (secondary N) is 3. The first-order chi connectivity index (χ1) is 63.3. The number of aliphatic carboxylic acids is 3. The van der Waals surface area contributed by atoms with Crippen LogP contribution in [0, 0.1) is 16.2 Å². The maximum absolute atomic E-state index is 13.6. The Balaban J connectivity index is 0.000000170. The first-order valence-electron chi connectivity index (χ1n) is 42.9. The number of pyridine rings is 6. The van der Waals surface area contributed by atoms with E-state index in [9.17, 15) is 75.3 Å². The molecule has 36 nitrogen and oxygen atoms in total. The summed E-state index contributed by atoms with van der Waals surface area (Å²) in [6.45, 7) is 29.2. The molecule has 0 radical (unpaired) electrons. The fourth-order valence-corrected chi connectivity index (χ4v) is 22.2. The van der Waals surface area contributed by atoms with E-state index in [0.717, 1.165) is 19.7 Å². The maximum Gasteiger partial charge on any atom is 0.334 e. The lowest BCUT2D eigenvalue weighted by molar-refractivity contribution is -0.142. The third-order valence-electron chi connectivity index (χ3n) is 22.2. The molecule has 2 fully saturated rings. The van der Waals surface area contributed by atoms with Gasteiger partial charge in [0.2, 0.25) is 31.9 Å². The second-order valence-electron chi connectivity index (χ2n) is 37.0. The van der Waals surface area contributed by atoms with Crippen LogP contribution >= 0.6 is 23.5 Å². The van der Waals surface area contributed by atoms with Crippen molar-refractivity contribution in [2.75, 3.05) is 28.5 Å². The number of anilines is 2. The number of nitrogens with zero attached hydrogens (tertiary/aromatic N) is 17. The lowest BCUT2D eigenvalue weighted by atomic mass is 9.97. The number of sulfonamides is 2. The number of thioether (sulfide) groups is 2. The number of hydrogen-bond donors (Lipinski definition) is 6. The molecule has 0 bridgehead atoms. The maximum atomic E-state index is 13.6. The number of imidazole rings is 3. The van der Waals surface area contributed by atoms with Crippen molar-refractivity contribution in [1.82, 2.24) is 86.5 Å². The van der Waals surface area contributed by atoms with Gasteiger partial charge in [-0.1, -0.05) is 98.7 Å². The van der Waals surface area contributed by atoms with Crippen LogP contribution in [0.1, 0.15) is 124 Å². The van der Waals surface area contributed by atoms with E-state index in [-0.39, 0.29) is 85.8 Å². The van der Waals surface area contributed by atoms with Gasteiger partial charge in [-0.2, -0.15) is 8.61 Å². The van der Waals surface area contributed by atoms with Crippen LogP contribution in [0.3, 0.4) is 0 Å². The summed E-state index contributed by atoms with van der Waals surface area (Å²) in [5, 5.41) is 38.3. The number of carboxylic acids is 3. The molecule has 40 heteroatoms. The molecule has 702 valence electrons. The molecule has 12 heterocycles. The van der Waals surface area contributed by atoms with Crippen molar-refractivity contribution in [3.63, 3.8) is 0 Å². The van der Waals surface area contributed by atoms with Gasteiger partial charge >= 0.3 is 35.0 Å². The average molecular weight is 1900 g/mol. The number of hydrogen-bond acceptors (Lipinski definition) is 24. The minimum absolute atomic E-state index is 0.0297. The fraction of sp³-hybridized carbons (Fsp3) is 0.351. The molecule has 6 N–H and O–H groups in total. The van der Waals surface area contributed by atoms with E-state index in [1.165, 1.54) is 112 Å². The van der Waals surface area contributed by atoms with E-state index in [0.29, 0.717) is 93.6 Å². The van der Waals surface area contributed by atoms with Gasteiger partial charge in [-0.15, -0.1) is 23.5 Å². The van der Waals surface area contributed by atoms with E-state index >= 15 is 0 Å². The number of carbonyl (C=O) groups excluding carboxylic acids is 3. The van der Waals surface area contributed by atoms with Gasteiger partial charge in [-0.25, -0.2) is 84.2 Å². The Morgan fingerprint density at radius 2 is 0.791 bits per heavy atom. The number of rotatable bonds is 28. The van der Waals surface area contributed by atoms with Crippen molar-refractivity contribution in [2.24, 2.45) is 16.2 Å². The summed E-state index contributed by atoms with van der Waals surface area (Å²) in [4.78, 5) is 153. The summed E-state index contributed by atoms with van der Waals surface area (Å²) in [5.74, 6) is -5.03. The van der Waals surface area contributed by atoms with Crippen LogP contribution in [-0.2, 0) is 82.9 Å².